The first-order valence-corrected chi connectivity index (χ1v) is 12.6. The quantitative estimate of drug-likeness (QED) is 0.578. The largest absolute Gasteiger partial charge is 0.341 e. The minimum atomic E-state index is -0.569. The number of hydrogen-bond acceptors (Lipinski definition) is 4. The Hall–Kier alpha value is -3.94. The van der Waals surface area contributed by atoms with Crippen molar-refractivity contribution in [2.75, 3.05) is 18.0 Å². The number of aryl methyl sites for hydroxylation is 1. The molecule has 2 aliphatic rings. The highest BCUT2D eigenvalue weighted by molar-refractivity contribution is 5.97. The third kappa shape index (κ3) is 5.03. The van der Waals surface area contributed by atoms with Crippen LogP contribution in [0.5, 0.6) is 0 Å². The second-order valence-electron chi connectivity index (χ2n) is 9.48. The van der Waals surface area contributed by atoms with E-state index in [-0.39, 0.29) is 17.7 Å². The topological polar surface area (TPSA) is 87.5 Å². The Kier molecular flexibility index (Phi) is 6.84. The molecule has 3 aromatic rings. The van der Waals surface area contributed by atoms with Crippen molar-refractivity contribution in [1.29, 1.82) is 0 Å². The fourth-order valence-corrected chi connectivity index (χ4v) is 4.85. The molecule has 0 spiro atoms. The molecule has 1 fully saturated rings. The van der Waals surface area contributed by atoms with Gasteiger partial charge in [-0.3, -0.25) is 19.3 Å². The molecule has 0 bridgehead atoms. The minimum Gasteiger partial charge on any atom is -0.341 e. The number of rotatable bonds is 6. The highest BCUT2D eigenvalue weighted by atomic mass is 16.2. The first kappa shape index (κ1) is 23.8. The van der Waals surface area contributed by atoms with E-state index in [1.54, 1.807) is 24.0 Å². The lowest BCUT2D eigenvalue weighted by Crippen LogP contribution is -2.48. The van der Waals surface area contributed by atoms with E-state index in [1.165, 1.54) is 0 Å². The second-order valence-corrected chi connectivity index (χ2v) is 9.48. The molecule has 1 N–H and O–H groups in total. The maximum Gasteiger partial charge on any atom is 0.251 e. The van der Waals surface area contributed by atoms with Gasteiger partial charge in [0.2, 0.25) is 11.8 Å². The lowest BCUT2D eigenvalue weighted by Gasteiger charge is -2.29. The van der Waals surface area contributed by atoms with Crippen LogP contribution >= 0.6 is 0 Å². The monoisotopic (exact) mass is 485 g/mol. The zero-order chi connectivity index (χ0) is 25.1. The first-order valence-electron chi connectivity index (χ1n) is 12.6. The van der Waals surface area contributed by atoms with Gasteiger partial charge in [0.25, 0.3) is 5.91 Å². The Morgan fingerprint density at radius 2 is 1.69 bits per heavy atom. The van der Waals surface area contributed by atoms with Crippen LogP contribution in [-0.2, 0) is 22.7 Å². The van der Waals surface area contributed by atoms with Gasteiger partial charge in [-0.15, -0.1) is 0 Å². The molecular formula is C28H31N5O3. The Bertz CT molecular complexity index is 1250. The number of likely N-dealkylation sites (tertiary alicyclic amines) is 1. The number of amides is 3. The zero-order valence-electron chi connectivity index (χ0n) is 20.5. The number of benzene rings is 2. The van der Waals surface area contributed by atoms with E-state index in [1.807, 2.05) is 58.1 Å². The van der Waals surface area contributed by atoms with Crippen LogP contribution in [0, 0.1) is 0 Å². The van der Waals surface area contributed by atoms with Crippen LogP contribution in [0.1, 0.15) is 48.5 Å². The summed E-state index contributed by atoms with van der Waals surface area (Å²) < 4.78 is 1.88. The van der Waals surface area contributed by atoms with Crippen LogP contribution in [0.4, 0.5) is 5.82 Å². The summed E-state index contributed by atoms with van der Waals surface area (Å²) in [6, 6.07) is 18.5. The summed E-state index contributed by atoms with van der Waals surface area (Å²) in [6.07, 6.45) is 3.58. The zero-order valence-corrected chi connectivity index (χ0v) is 20.5. The van der Waals surface area contributed by atoms with Gasteiger partial charge in [0.15, 0.2) is 0 Å². The molecule has 8 heteroatoms. The molecule has 8 nitrogen and oxygen atoms in total. The Morgan fingerprint density at radius 1 is 0.972 bits per heavy atom. The number of nitrogens with one attached hydrogen (secondary N) is 1. The molecule has 2 aromatic carbocycles. The number of hydrogen-bond donors (Lipinski definition) is 1. The van der Waals surface area contributed by atoms with Crippen LogP contribution < -0.4 is 10.2 Å². The van der Waals surface area contributed by atoms with Gasteiger partial charge in [-0.2, -0.15) is 5.10 Å². The number of nitrogens with zero attached hydrogens (tertiary/aromatic N) is 4. The molecular weight excluding hydrogens is 454 g/mol. The molecule has 186 valence electrons. The third-order valence-electron chi connectivity index (χ3n) is 6.89. The number of carbonyl (C=O) groups excluding carboxylic acids is 3. The van der Waals surface area contributed by atoms with Crippen LogP contribution in [0.3, 0.4) is 0 Å². The molecule has 0 saturated carbocycles. The lowest BCUT2D eigenvalue weighted by molar-refractivity contribution is -0.133. The van der Waals surface area contributed by atoms with Crippen molar-refractivity contribution in [1.82, 2.24) is 20.0 Å². The SMILES string of the molecule is CC(NC(=O)c1ccc(CN2C(=O)CCn3nc(-c4ccccc4)cc32)cc1)C(=O)N1CCCCC1. The lowest BCUT2D eigenvalue weighted by atomic mass is 10.1. The van der Waals surface area contributed by atoms with E-state index in [0.29, 0.717) is 25.1 Å². The molecule has 36 heavy (non-hydrogen) atoms. The molecule has 0 radical (unpaired) electrons. The maximum absolute atomic E-state index is 12.8. The smallest absolute Gasteiger partial charge is 0.251 e. The molecule has 1 atom stereocenters. The van der Waals surface area contributed by atoms with Crippen molar-refractivity contribution in [2.45, 2.75) is 51.7 Å². The van der Waals surface area contributed by atoms with Crippen molar-refractivity contribution in [3.8, 4) is 11.3 Å². The fourth-order valence-electron chi connectivity index (χ4n) is 4.85. The van der Waals surface area contributed by atoms with Crippen LogP contribution in [0.15, 0.2) is 60.7 Å². The van der Waals surface area contributed by atoms with Crippen LogP contribution in [0.2, 0.25) is 0 Å². The summed E-state index contributed by atoms with van der Waals surface area (Å²) >= 11 is 0. The predicted molar refractivity (Wildman–Crippen MR) is 137 cm³/mol. The Balaban J connectivity index is 1.25. The Labute approximate surface area is 210 Å². The minimum absolute atomic E-state index is 0.0326. The van der Waals surface area contributed by atoms with E-state index < -0.39 is 6.04 Å². The predicted octanol–water partition coefficient (Wildman–Crippen LogP) is 3.62. The molecule has 2 aliphatic heterocycles. The van der Waals surface area contributed by atoms with Crippen LogP contribution in [0.25, 0.3) is 11.3 Å². The van der Waals surface area contributed by atoms with E-state index >= 15 is 0 Å². The summed E-state index contributed by atoms with van der Waals surface area (Å²) in [6.45, 7) is 4.21. The van der Waals surface area contributed by atoms with Crippen molar-refractivity contribution in [3.05, 3.63) is 71.8 Å². The number of anilines is 1. The first-order chi connectivity index (χ1) is 17.5. The van der Waals surface area contributed by atoms with E-state index in [9.17, 15) is 14.4 Å². The normalized spacial score (nSPS) is 16.4. The van der Waals surface area contributed by atoms with Gasteiger partial charge in [-0.05, 0) is 43.9 Å². The highest BCUT2D eigenvalue weighted by Gasteiger charge is 2.27. The Morgan fingerprint density at radius 3 is 2.42 bits per heavy atom. The number of aromatic nitrogens is 2. The average Bonchev–Trinajstić information content (AvgIpc) is 3.36. The standard InChI is InChI=1S/C28H31N5O3/c1-20(28(36)31-15-6-3-7-16-31)29-27(35)23-12-10-21(11-13-23)19-32-25-18-24(22-8-4-2-5-9-22)30-33(25)17-14-26(32)34/h2,4-5,8-13,18,20H,3,6-7,14-17,19H2,1H3,(H,29,35). The molecule has 5 rings (SSSR count). The van der Waals surface area contributed by atoms with Gasteiger partial charge in [0.05, 0.1) is 18.8 Å². The molecule has 1 saturated heterocycles. The van der Waals surface area contributed by atoms with Gasteiger partial charge in [0, 0.05) is 36.7 Å². The summed E-state index contributed by atoms with van der Waals surface area (Å²) in [7, 11) is 0. The number of piperidine rings is 1. The van der Waals surface area contributed by atoms with Gasteiger partial charge < -0.3 is 10.2 Å². The van der Waals surface area contributed by atoms with Crippen molar-refractivity contribution in [2.24, 2.45) is 0 Å². The second kappa shape index (κ2) is 10.4. The van der Waals surface area contributed by atoms with E-state index in [2.05, 4.69) is 5.32 Å². The van der Waals surface area contributed by atoms with Gasteiger partial charge in [0.1, 0.15) is 11.9 Å². The average molecular weight is 486 g/mol. The molecule has 1 aromatic heterocycles. The fraction of sp³-hybridized carbons (Fsp3) is 0.357. The number of fused-ring (bicyclic) bond motifs is 1. The van der Waals surface area contributed by atoms with Gasteiger partial charge >= 0.3 is 0 Å². The van der Waals surface area contributed by atoms with Crippen molar-refractivity contribution in [3.63, 3.8) is 0 Å². The van der Waals surface area contributed by atoms with E-state index in [0.717, 1.165) is 55.0 Å². The summed E-state index contributed by atoms with van der Waals surface area (Å²) in [5, 5.41) is 7.53. The molecule has 1 unspecified atom stereocenters. The molecule has 3 heterocycles. The highest BCUT2D eigenvalue weighted by Crippen LogP contribution is 2.29. The number of carbonyl (C=O) groups is 3. The summed E-state index contributed by atoms with van der Waals surface area (Å²) in [5.74, 6) is 0.514. The molecule has 3 amide bonds. The van der Waals surface area contributed by atoms with Crippen molar-refractivity contribution < 1.29 is 14.4 Å². The van der Waals surface area contributed by atoms with Gasteiger partial charge in [-0.25, -0.2) is 4.68 Å². The van der Waals surface area contributed by atoms with E-state index in [4.69, 9.17) is 5.10 Å². The van der Waals surface area contributed by atoms with Crippen LogP contribution in [-0.4, -0.2) is 51.5 Å². The van der Waals surface area contributed by atoms with Crippen molar-refractivity contribution >= 4 is 23.5 Å². The van der Waals surface area contributed by atoms with Gasteiger partial charge in [-0.1, -0.05) is 42.5 Å². The maximum atomic E-state index is 12.8. The summed E-state index contributed by atoms with van der Waals surface area (Å²) in [4.78, 5) is 41.7. The molecule has 0 aliphatic carbocycles. The summed E-state index contributed by atoms with van der Waals surface area (Å²) in [5.41, 5.74) is 3.24. The third-order valence-corrected chi connectivity index (χ3v) is 6.89.